The van der Waals surface area contributed by atoms with Gasteiger partial charge < -0.3 is 19.9 Å². The van der Waals surface area contributed by atoms with E-state index in [4.69, 9.17) is 21.6 Å². The van der Waals surface area contributed by atoms with Crippen molar-refractivity contribution >= 4 is 59.5 Å². The highest BCUT2D eigenvalue weighted by atomic mass is 35.5. The second-order valence-corrected chi connectivity index (χ2v) is 16.0. The number of imide groups is 2. The van der Waals surface area contributed by atoms with Crippen molar-refractivity contribution in [2.75, 3.05) is 50.7 Å². The molecule has 16 heteroatoms. The van der Waals surface area contributed by atoms with Gasteiger partial charge in [0.05, 0.1) is 27.8 Å². The van der Waals surface area contributed by atoms with Crippen molar-refractivity contribution in [3.63, 3.8) is 0 Å². The molecule has 0 aromatic heterocycles. The third-order valence-electron chi connectivity index (χ3n) is 11.8. The van der Waals surface area contributed by atoms with E-state index in [1.165, 1.54) is 0 Å². The Kier molecular flexibility index (Phi) is 12.5. The van der Waals surface area contributed by atoms with Crippen molar-refractivity contribution in [3.8, 4) is 11.8 Å². The van der Waals surface area contributed by atoms with E-state index in [-0.39, 0.29) is 36.5 Å². The van der Waals surface area contributed by atoms with Crippen LogP contribution in [-0.2, 0) is 14.4 Å². The summed E-state index contributed by atoms with van der Waals surface area (Å²) in [5, 5.41) is 14.8. The molecule has 2 aromatic rings. The van der Waals surface area contributed by atoms with E-state index in [0.29, 0.717) is 39.3 Å². The van der Waals surface area contributed by atoms with Gasteiger partial charge in [-0.1, -0.05) is 11.6 Å². The molecule has 15 nitrogen and oxygen atoms in total. The van der Waals surface area contributed by atoms with Crippen LogP contribution in [0.25, 0.3) is 0 Å². The molecule has 3 saturated heterocycles. The third kappa shape index (κ3) is 9.08. The zero-order chi connectivity index (χ0) is 40.9. The summed E-state index contributed by atoms with van der Waals surface area (Å²) in [6.45, 7) is 11.3. The van der Waals surface area contributed by atoms with E-state index in [0.717, 1.165) is 94.9 Å². The van der Waals surface area contributed by atoms with Gasteiger partial charge in [-0.05, 0) is 94.8 Å². The number of rotatable bonds is 9. The number of aliphatic imine (C=N–C) groups is 2. The summed E-state index contributed by atoms with van der Waals surface area (Å²) in [6, 6.07) is 11.5. The molecule has 0 spiro atoms. The number of anilines is 1. The van der Waals surface area contributed by atoms with Crippen LogP contribution in [0, 0.1) is 17.2 Å². The van der Waals surface area contributed by atoms with Crippen LogP contribution in [0.1, 0.15) is 84.6 Å². The molecule has 7 rings (SSSR count). The lowest BCUT2D eigenvalue weighted by molar-refractivity contribution is -0.136. The number of ether oxygens (including phenoxy) is 1. The number of guanidine groups is 1. The van der Waals surface area contributed by atoms with Crippen LogP contribution in [0.4, 0.5) is 5.69 Å². The SMILES string of the molecule is C=N/C(=N\C=C(/C)C(=O)N[C@H]1CC[C@H](Oc2ccc(C#N)c(Cl)c2)CC1)N1CCC(CN2CCN(c3ccc4c(c3)C(=O)N(C3CCC(=O)NC3=O)C4=O)CC2)CC1. The molecule has 5 amide bonds. The minimum Gasteiger partial charge on any atom is -0.490 e. The number of nitrogens with one attached hydrogen (secondary N) is 2. The number of carbonyl (C=O) groups is 5. The number of hydrogen-bond donors (Lipinski definition) is 2. The monoisotopic (exact) mass is 809 g/mol. The average molecular weight is 810 g/mol. The topological polar surface area (TPSA) is 180 Å². The number of benzene rings is 2. The van der Waals surface area contributed by atoms with Gasteiger partial charge in [-0.15, -0.1) is 0 Å². The Hall–Kier alpha value is -5.59. The fraction of sp³-hybridized carbons (Fsp3) is 0.476. The third-order valence-corrected chi connectivity index (χ3v) is 12.1. The highest BCUT2D eigenvalue weighted by Gasteiger charge is 2.45. The second kappa shape index (κ2) is 17.9. The van der Waals surface area contributed by atoms with Gasteiger partial charge in [0.2, 0.25) is 23.7 Å². The van der Waals surface area contributed by atoms with Gasteiger partial charge in [0, 0.05) is 81.8 Å². The molecule has 0 bridgehead atoms. The van der Waals surface area contributed by atoms with Crippen molar-refractivity contribution in [2.45, 2.75) is 76.5 Å². The summed E-state index contributed by atoms with van der Waals surface area (Å²) in [4.78, 5) is 80.0. The van der Waals surface area contributed by atoms with Crippen LogP contribution >= 0.6 is 11.6 Å². The van der Waals surface area contributed by atoms with Crippen LogP contribution in [0.2, 0.25) is 5.02 Å². The van der Waals surface area contributed by atoms with E-state index in [1.807, 2.05) is 12.1 Å². The molecule has 58 heavy (non-hydrogen) atoms. The molecule has 4 aliphatic heterocycles. The van der Waals surface area contributed by atoms with Gasteiger partial charge in [0.25, 0.3) is 11.8 Å². The van der Waals surface area contributed by atoms with Crippen molar-refractivity contribution < 1.29 is 28.7 Å². The molecular formula is C42H48ClN9O6. The largest absolute Gasteiger partial charge is 0.490 e. The van der Waals surface area contributed by atoms with Crippen molar-refractivity contribution in [3.05, 3.63) is 69.9 Å². The number of likely N-dealkylation sites (tertiary alicyclic amines) is 1. The molecule has 2 N–H and O–H groups in total. The summed E-state index contributed by atoms with van der Waals surface area (Å²) < 4.78 is 6.08. The highest BCUT2D eigenvalue weighted by molar-refractivity contribution is 6.31. The summed E-state index contributed by atoms with van der Waals surface area (Å²) >= 11 is 6.15. The number of piperidine rings is 2. The molecule has 4 heterocycles. The normalized spacial score (nSPS) is 23.7. The number of nitrogens with zero attached hydrogens (tertiary/aromatic N) is 7. The molecule has 1 unspecified atom stereocenters. The number of amides is 5. The first-order valence-electron chi connectivity index (χ1n) is 20.0. The predicted molar refractivity (Wildman–Crippen MR) is 218 cm³/mol. The van der Waals surface area contributed by atoms with Gasteiger partial charge in [0.1, 0.15) is 17.9 Å². The van der Waals surface area contributed by atoms with Crippen molar-refractivity contribution in [1.82, 2.24) is 25.3 Å². The quantitative estimate of drug-likeness (QED) is 0.163. The number of halogens is 1. The average Bonchev–Trinajstić information content (AvgIpc) is 3.47. The molecule has 0 radical (unpaired) electrons. The molecular weight excluding hydrogens is 762 g/mol. The van der Waals surface area contributed by atoms with E-state index >= 15 is 0 Å². The fourth-order valence-corrected chi connectivity index (χ4v) is 8.65. The Morgan fingerprint density at radius 2 is 1.69 bits per heavy atom. The second-order valence-electron chi connectivity index (χ2n) is 15.6. The lowest BCUT2D eigenvalue weighted by Gasteiger charge is -2.39. The Labute approximate surface area is 342 Å². The first-order valence-corrected chi connectivity index (χ1v) is 20.4. The van der Waals surface area contributed by atoms with E-state index in [2.05, 4.69) is 42.0 Å². The minimum atomic E-state index is -0.982. The zero-order valence-corrected chi connectivity index (χ0v) is 33.4. The van der Waals surface area contributed by atoms with E-state index < -0.39 is 29.7 Å². The number of fused-ring (bicyclic) bond motifs is 1. The first kappa shape index (κ1) is 40.6. The zero-order valence-electron chi connectivity index (χ0n) is 32.6. The van der Waals surface area contributed by atoms with Crippen LogP contribution in [0.15, 0.2) is 58.2 Å². The predicted octanol–water partition coefficient (Wildman–Crippen LogP) is 3.91. The van der Waals surface area contributed by atoms with Crippen LogP contribution in [0.3, 0.4) is 0 Å². The smallest absolute Gasteiger partial charge is 0.262 e. The molecule has 1 saturated carbocycles. The van der Waals surface area contributed by atoms with Gasteiger partial charge in [-0.25, -0.2) is 9.98 Å². The van der Waals surface area contributed by atoms with E-state index in [9.17, 15) is 24.0 Å². The van der Waals surface area contributed by atoms with Gasteiger partial charge in [-0.3, -0.25) is 39.1 Å². The molecule has 1 aliphatic carbocycles. The Morgan fingerprint density at radius 3 is 2.36 bits per heavy atom. The number of carbonyl (C=O) groups excluding carboxylic acids is 5. The Morgan fingerprint density at radius 1 is 0.966 bits per heavy atom. The van der Waals surface area contributed by atoms with Gasteiger partial charge in [-0.2, -0.15) is 5.26 Å². The van der Waals surface area contributed by atoms with Crippen LogP contribution in [-0.4, -0.2) is 121 Å². The lowest BCUT2D eigenvalue weighted by atomic mass is 9.92. The lowest BCUT2D eigenvalue weighted by Crippen LogP contribution is -2.54. The summed E-state index contributed by atoms with van der Waals surface area (Å²) in [5.74, 6) is -0.513. The maximum Gasteiger partial charge on any atom is 0.262 e. The number of hydrogen-bond acceptors (Lipinski definition) is 10. The standard InChI is InChI=1S/C42H48ClN9O6/c1-26(38(54)47-29-4-8-31(9-5-29)58-32-7-3-28(23-44)35(43)22-32)24-46-42(45-2)51-15-13-27(14-16-51)25-49-17-19-50(20-18-49)30-6-10-33-34(21-30)41(57)52(40(33)56)36-11-12-37(53)48-39(36)55/h3,6-7,10,21-22,24,27,29,31,36H,2,4-5,8-9,11-20,25H2,1H3,(H,47,54)(H,48,53,55)/b26-24+,46-42+/t29-,31-,36?. The minimum absolute atomic E-state index is 0.0168. The Balaban J connectivity index is 0.829. The van der Waals surface area contributed by atoms with Crippen LogP contribution in [0.5, 0.6) is 5.75 Å². The van der Waals surface area contributed by atoms with Crippen molar-refractivity contribution in [2.24, 2.45) is 15.9 Å². The fourth-order valence-electron chi connectivity index (χ4n) is 8.44. The Bertz CT molecular complexity index is 2070. The molecule has 4 fully saturated rings. The molecule has 1 atom stereocenters. The molecule has 5 aliphatic rings. The van der Waals surface area contributed by atoms with Crippen LogP contribution < -0.4 is 20.3 Å². The number of nitriles is 1. The summed E-state index contributed by atoms with van der Waals surface area (Å²) in [7, 11) is 0. The van der Waals surface area contributed by atoms with E-state index in [1.54, 1.807) is 43.5 Å². The maximum absolute atomic E-state index is 13.3. The van der Waals surface area contributed by atoms with Crippen molar-refractivity contribution in [1.29, 1.82) is 5.26 Å². The highest BCUT2D eigenvalue weighted by Crippen LogP contribution is 2.32. The first-order chi connectivity index (χ1) is 28.0. The summed E-state index contributed by atoms with van der Waals surface area (Å²) in [5.41, 5.74) is 2.35. The maximum atomic E-state index is 13.3. The van der Waals surface area contributed by atoms with Gasteiger partial charge in [0.15, 0.2) is 0 Å². The molecule has 2 aromatic carbocycles. The summed E-state index contributed by atoms with van der Waals surface area (Å²) in [6.07, 6.45) is 6.91. The number of piperazine rings is 1. The molecule has 304 valence electrons. The van der Waals surface area contributed by atoms with Gasteiger partial charge >= 0.3 is 0 Å².